The molecule has 0 aliphatic rings. The van der Waals surface area contributed by atoms with E-state index in [1.165, 1.54) is 55.9 Å². The largest absolute Gasteiger partial charge is 0.493 e. The van der Waals surface area contributed by atoms with Gasteiger partial charge in [0.15, 0.2) is 23.2 Å². The molecular formula is C23H18N4O8S2. The summed E-state index contributed by atoms with van der Waals surface area (Å²) in [6.45, 7) is -0.651. The van der Waals surface area contributed by atoms with Gasteiger partial charge in [0.05, 0.1) is 45.5 Å². The zero-order valence-corrected chi connectivity index (χ0v) is 20.9. The van der Waals surface area contributed by atoms with E-state index in [1.54, 1.807) is 17.5 Å². The molecule has 14 heteroatoms. The van der Waals surface area contributed by atoms with Crippen LogP contribution >= 0.6 is 22.7 Å². The maximum absolute atomic E-state index is 12.9. The van der Waals surface area contributed by atoms with Gasteiger partial charge in [-0.15, -0.1) is 11.3 Å². The molecule has 0 saturated heterocycles. The number of non-ortho nitro benzene ring substituents is 1. The average Bonchev–Trinajstić information content (AvgIpc) is 3.56. The van der Waals surface area contributed by atoms with E-state index in [4.69, 9.17) is 14.2 Å². The molecule has 0 atom stereocenters. The molecule has 2 amide bonds. The lowest BCUT2D eigenvalue weighted by Gasteiger charge is -2.15. The molecular weight excluding hydrogens is 524 g/mol. The molecule has 2 aromatic carbocycles. The second-order valence-electron chi connectivity index (χ2n) is 7.24. The lowest BCUT2D eigenvalue weighted by molar-refractivity contribution is -0.384. The van der Waals surface area contributed by atoms with E-state index in [0.717, 1.165) is 11.3 Å². The van der Waals surface area contributed by atoms with Gasteiger partial charge in [-0.25, -0.2) is 9.78 Å². The van der Waals surface area contributed by atoms with Crippen molar-refractivity contribution in [2.45, 2.75) is 0 Å². The molecule has 0 bridgehead atoms. The van der Waals surface area contributed by atoms with Crippen LogP contribution in [0.3, 0.4) is 0 Å². The van der Waals surface area contributed by atoms with Crippen molar-refractivity contribution in [1.29, 1.82) is 0 Å². The van der Waals surface area contributed by atoms with Gasteiger partial charge in [-0.3, -0.25) is 25.0 Å². The number of anilines is 2. The van der Waals surface area contributed by atoms with E-state index >= 15 is 0 Å². The summed E-state index contributed by atoms with van der Waals surface area (Å²) >= 11 is 2.27. The zero-order chi connectivity index (χ0) is 26.5. The van der Waals surface area contributed by atoms with Crippen molar-refractivity contribution in [3.63, 3.8) is 0 Å². The predicted molar refractivity (Wildman–Crippen MR) is 137 cm³/mol. The zero-order valence-electron chi connectivity index (χ0n) is 19.3. The molecule has 2 N–H and O–H groups in total. The highest BCUT2D eigenvalue weighted by molar-refractivity contribution is 7.22. The van der Waals surface area contributed by atoms with Crippen molar-refractivity contribution < 1.29 is 33.5 Å². The van der Waals surface area contributed by atoms with Gasteiger partial charge in [0, 0.05) is 24.3 Å². The van der Waals surface area contributed by atoms with Crippen LogP contribution in [-0.2, 0) is 9.53 Å². The Morgan fingerprint density at radius 3 is 2.49 bits per heavy atom. The number of esters is 1. The number of carbonyl (C=O) groups is 3. The maximum Gasteiger partial charge on any atom is 0.340 e. The number of thiophene rings is 1. The van der Waals surface area contributed by atoms with Gasteiger partial charge in [0.1, 0.15) is 0 Å². The quantitative estimate of drug-likeness (QED) is 0.178. The molecule has 190 valence electrons. The summed E-state index contributed by atoms with van der Waals surface area (Å²) in [5.74, 6) is -1.51. The first-order valence-electron chi connectivity index (χ1n) is 10.4. The smallest absolute Gasteiger partial charge is 0.340 e. The van der Waals surface area contributed by atoms with Crippen LogP contribution in [0.5, 0.6) is 11.5 Å². The number of thiazole rings is 1. The Labute approximate surface area is 216 Å². The molecule has 0 aliphatic carbocycles. The Balaban J connectivity index is 1.47. The predicted octanol–water partition coefficient (Wildman–Crippen LogP) is 4.33. The molecule has 0 radical (unpaired) electrons. The van der Waals surface area contributed by atoms with E-state index in [2.05, 4.69) is 15.6 Å². The molecule has 12 nitrogen and oxygen atoms in total. The Morgan fingerprint density at radius 1 is 1.05 bits per heavy atom. The van der Waals surface area contributed by atoms with E-state index in [9.17, 15) is 24.5 Å². The van der Waals surface area contributed by atoms with Crippen LogP contribution in [0.1, 0.15) is 20.0 Å². The molecule has 0 aliphatic heterocycles. The van der Waals surface area contributed by atoms with E-state index in [-0.39, 0.29) is 33.6 Å². The summed E-state index contributed by atoms with van der Waals surface area (Å²) in [5.41, 5.74) is 0.427. The van der Waals surface area contributed by atoms with Crippen LogP contribution in [0, 0.1) is 10.1 Å². The van der Waals surface area contributed by atoms with E-state index in [1.807, 2.05) is 0 Å². The third-order valence-electron chi connectivity index (χ3n) is 4.90. The molecule has 4 rings (SSSR count). The van der Waals surface area contributed by atoms with Crippen molar-refractivity contribution in [3.8, 4) is 11.5 Å². The summed E-state index contributed by atoms with van der Waals surface area (Å²) in [4.78, 5) is 52.9. The van der Waals surface area contributed by atoms with Crippen LogP contribution in [0.2, 0.25) is 0 Å². The third kappa shape index (κ3) is 5.82. The number of ether oxygens (including phenoxy) is 3. The van der Waals surface area contributed by atoms with Crippen molar-refractivity contribution in [2.75, 3.05) is 31.5 Å². The van der Waals surface area contributed by atoms with Gasteiger partial charge in [-0.1, -0.05) is 17.4 Å². The number of nitrogens with zero attached hydrogens (tertiary/aromatic N) is 2. The molecule has 2 heterocycles. The summed E-state index contributed by atoms with van der Waals surface area (Å²) in [6.07, 6.45) is 0. The standard InChI is InChI=1S/C23H18N4O8S2/c1-33-16-9-13(15(10-17(16)34-2)24-21(29)18-4-3-7-36-18)22(30)35-11-20(28)26-23-25-14-6-5-12(27(31)32)8-19(14)37-23/h3-10H,11H2,1-2H3,(H,24,29)(H,25,26,28). The Kier molecular flexibility index (Phi) is 7.60. The number of fused-ring (bicyclic) bond motifs is 1. The highest BCUT2D eigenvalue weighted by atomic mass is 32.1. The minimum atomic E-state index is -0.891. The Bertz CT molecular complexity index is 1500. The number of rotatable bonds is 9. The summed E-state index contributed by atoms with van der Waals surface area (Å²) < 4.78 is 16.2. The average molecular weight is 543 g/mol. The number of carbonyl (C=O) groups excluding carboxylic acids is 3. The second-order valence-corrected chi connectivity index (χ2v) is 9.22. The first kappa shape index (κ1) is 25.5. The van der Waals surface area contributed by atoms with Crippen LogP contribution in [0.15, 0.2) is 47.8 Å². The molecule has 4 aromatic rings. The molecule has 2 aromatic heterocycles. The third-order valence-corrected chi connectivity index (χ3v) is 6.70. The van der Waals surface area contributed by atoms with Crippen LogP contribution < -0.4 is 20.1 Å². The summed E-state index contributed by atoms with van der Waals surface area (Å²) in [5, 5.41) is 18.0. The fourth-order valence-corrected chi connectivity index (χ4v) is 4.72. The Morgan fingerprint density at radius 2 is 1.81 bits per heavy atom. The van der Waals surface area contributed by atoms with E-state index in [0.29, 0.717) is 15.1 Å². The van der Waals surface area contributed by atoms with Gasteiger partial charge in [0.25, 0.3) is 17.5 Å². The lowest BCUT2D eigenvalue weighted by Crippen LogP contribution is -2.22. The number of aromatic nitrogens is 1. The fourth-order valence-electron chi connectivity index (χ4n) is 3.19. The molecule has 0 unspecified atom stereocenters. The molecule has 0 fully saturated rings. The number of hydrogen-bond acceptors (Lipinski definition) is 11. The highest BCUT2D eigenvalue weighted by Crippen LogP contribution is 2.34. The molecule has 0 spiro atoms. The first-order valence-corrected chi connectivity index (χ1v) is 12.1. The van der Waals surface area contributed by atoms with Gasteiger partial charge in [-0.05, 0) is 17.5 Å². The Hall–Kier alpha value is -4.56. The topological polar surface area (TPSA) is 159 Å². The fraction of sp³-hybridized carbons (Fsp3) is 0.130. The molecule has 37 heavy (non-hydrogen) atoms. The normalized spacial score (nSPS) is 10.5. The van der Waals surface area contributed by atoms with Crippen molar-refractivity contribution in [2.24, 2.45) is 0 Å². The highest BCUT2D eigenvalue weighted by Gasteiger charge is 2.22. The van der Waals surface area contributed by atoms with Gasteiger partial charge in [-0.2, -0.15) is 0 Å². The van der Waals surface area contributed by atoms with Crippen LogP contribution in [0.4, 0.5) is 16.5 Å². The van der Waals surface area contributed by atoms with Crippen molar-refractivity contribution in [1.82, 2.24) is 4.98 Å². The van der Waals surface area contributed by atoms with E-state index < -0.39 is 29.3 Å². The van der Waals surface area contributed by atoms with Crippen LogP contribution in [0.25, 0.3) is 10.2 Å². The number of benzene rings is 2. The number of nitro groups is 1. The number of amides is 2. The van der Waals surface area contributed by atoms with Gasteiger partial charge >= 0.3 is 5.97 Å². The SMILES string of the molecule is COc1cc(NC(=O)c2cccs2)c(C(=O)OCC(=O)Nc2nc3ccc([N+](=O)[O-])cc3s2)cc1OC. The summed E-state index contributed by atoms with van der Waals surface area (Å²) in [6, 6.07) is 10.2. The minimum absolute atomic E-state index is 0.0531. The van der Waals surface area contributed by atoms with Crippen molar-refractivity contribution >= 4 is 67.2 Å². The number of nitrogens with one attached hydrogen (secondary N) is 2. The molecule has 0 saturated carbocycles. The first-order chi connectivity index (χ1) is 17.8. The van der Waals surface area contributed by atoms with Gasteiger partial charge in [0.2, 0.25) is 0 Å². The lowest BCUT2D eigenvalue weighted by atomic mass is 10.1. The van der Waals surface area contributed by atoms with Crippen LogP contribution in [-0.4, -0.2) is 48.5 Å². The number of hydrogen-bond donors (Lipinski definition) is 2. The number of nitro benzene ring substituents is 1. The minimum Gasteiger partial charge on any atom is -0.493 e. The van der Waals surface area contributed by atoms with Gasteiger partial charge < -0.3 is 19.5 Å². The van der Waals surface area contributed by atoms with Crippen molar-refractivity contribution in [3.05, 3.63) is 68.4 Å². The maximum atomic E-state index is 12.9. The summed E-state index contributed by atoms with van der Waals surface area (Å²) in [7, 11) is 2.79. The monoisotopic (exact) mass is 542 g/mol. The second kappa shape index (κ2) is 11.0. The number of methoxy groups -OCH3 is 2.